The molecule has 1 heterocycles. The van der Waals surface area contributed by atoms with E-state index in [-0.39, 0.29) is 18.1 Å². The molecule has 2 aromatic rings. The summed E-state index contributed by atoms with van der Waals surface area (Å²) in [4.78, 5) is 12.3. The standard InChI is InChI=1S/C17H21N3O3/c1-23-14-8-2-11(3-9-14)15-10-16(20-19-15)17(22)18-12-4-6-13(21)7-5-12/h2-3,8-10,12-13,21H,4-7H2,1H3,(H,18,22)(H,19,20). The Labute approximate surface area is 134 Å². The van der Waals surface area contributed by atoms with Crippen molar-refractivity contribution in [3.63, 3.8) is 0 Å². The van der Waals surface area contributed by atoms with E-state index >= 15 is 0 Å². The SMILES string of the molecule is COc1ccc(-c2cc(C(=O)NC3CCC(O)CC3)[nH]n2)cc1. The molecule has 3 rings (SSSR count). The summed E-state index contributed by atoms with van der Waals surface area (Å²) in [6, 6.07) is 9.39. The summed E-state index contributed by atoms with van der Waals surface area (Å²) < 4.78 is 5.13. The monoisotopic (exact) mass is 315 g/mol. The second-order valence-electron chi connectivity index (χ2n) is 5.87. The minimum absolute atomic E-state index is 0.124. The molecule has 0 radical (unpaired) electrons. The zero-order chi connectivity index (χ0) is 16.2. The molecule has 0 unspecified atom stereocenters. The molecule has 6 nitrogen and oxygen atoms in total. The number of aromatic amines is 1. The van der Waals surface area contributed by atoms with Crippen LogP contribution in [-0.4, -0.2) is 40.5 Å². The molecule has 0 bridgehead atoms. The van der Waals surface area contributed by atoms with Gasteiger partial charge in [0, 0.05) is 11.6 Å². The molecule has 122 valence electrons. The van der Waals surface area contributed by atoms with Crippen LogP contribution in [0.15, 0.2) is 30.3 Å². The van der Waals surface area contributed by atoms with Crippen LogP contribution in [0.3, 0.4) is 0 Å². The summed E-state index contributed by atoms with van der Waals surface area (Å²) in [5.74, 6) is 0.625. The first-order chi connectivity index (χ1) is 11.2. The van der Waals surface area contributed by atoms with Crippen molar-refractivity contribution in [1.29, 1.82) is 0 Å². The zero-order valence-corrected chi connectivity index (χ0v) is 13.1. The van der Waals surface area contributed by atoms with Gasteiger partial charge in [0.2, 0.25) is 0 Å². The summed E-state index contributed by atoms with van der Waals surface area (Å²) in [5, 5.41) is 19.5. The van der Waals surface area contributed by atoms with Gasteiger partial charge in [-0.25, -0.2) is 0 Å². The number of carbonyl (C=O) groups excluding carboxylic acids is 1. The third kappa shape index (κ3) is 3.71. The Bertz CT molecular complexity index is 658. The van der Waals surface area contributed by atoms with Gasteiger partial charge in [0.05, 0.1) is 18.9 Å². The Morgan fingerprint density at radius 3 is 2.61 bits per heavy atom. The first kappa shape index (κ1) is 15.6. The molecule has 6 heteroatoms. The van der Waals surface area contributed by atoms with Crippen LogP contribution < -0.4 is 10.1 Å². The van der Waals surface area contributed by atoms with Crippen molar-refractivity contribution >= 4 is 5.91 Å². The molecule has 0 atom stereocenters. The number of hydrogen-bond donors (Lipinski definition) is 3. The second-order valence-corrected chi connectivity index (χ2v) is 5.87. The van der Waals surface area contributed by atoms with Crippen LogP contribution in [0.2, 0.25) is 0 Å². The van der Waals surface area contributed by atoms with Gasteiger partial charge in [0.1, 0.15) is 11.4 Å². The van der Waals surface area contributed by atoms with Crippen LogP contribution in [0, 0.1) is 0 Å². The highest BCUT2D eigenvalue weighted by atomic mass is 16.5. The molecule has 1 aromatic heterocycles. The molecular formula is C17H21N3O3. The molecule has 0 spiro atoms. The minimum Gasteiger partial charge on any atom is -0.497 e. The van der Waals surface area contributed by atoms with E-state index < -0.39 is 0 Å². The minimum atomic E-state index is -0.225. The summed E-state index contributed by atoms with van der Waals surface area (Å²) >= 11 is 0. The van der Waals surface area contributed by atoms with Crippen LogP contribution in [0.1, 0.15) is 36.2 Å². The van der Waals surface area contributed by atoms with Gasteiger partial charge in [0.25, 0.3) is 5.91 Å². The fourth-order valence-electron chi connectivity index (χ4n) is 2.83. The fourth-order valence-corrected chi connectivity index (χ4v) is 2.83. The number of aromatic nitrogens is 2. The molecule has 23 heavy (non-hydrogen) atoms. The number of aliphatic hydroxyl groups is 1. The van der Waals surface area contributed by atoms with Gasteiger partial charge in [0.15, 0.2) is 0 Å². The Kier molecular flexibility index (Phi) is 4.62. The average Bonchev–Trinajstić information content (AvgIpc) is 3.07. The fraction of sp³-hybridized carbons (Fsp3) is 0.412. The molecule has 1 fully saturated rings. The van der Waals surface area contributed by atoms with Crippen molar-refractivity contribution in [2.45, 2.75) is 37.8 Å². The lowest BCUT2D eigenvalue weighted by Crippen LogP contribution is -2.38. The molecule has 0 saturated heterocycles. The third-order valence-electron chi connectivity index (χ3n) is 4.24. The quantitative estimate of drug-likeness (QED) is 0.806. The molecule has 1 aliphatic rings. The van der Waals surface area contributed by atoms with E-state index in [1.165, 1.54) is 0 Å². The molecule has 1 aliphatic carbocycles. The van der Waals surface area contributed by atoms with E-state index in [4.69, 9.17) is 4.74 Å². The first-order valence-corrected chi connectivity index (χ1v) is 7.84. The highest BCUT2D eigenvalue weighted by molar-refractivity contribution is 5.93. The van der Waals surface area contributed by atoms with Crippen molar-refractivity contribution in [2.75, 3.05) is 7.11 Å². The van der Waals surface area contributed by atoms with Crippen LogP contribution in [0.5, 0.6) is 5.75 Å². The number of benzene rings is 1. The van der Waals surface area contributed by atoms with Gasteiger partial charge in [-0.2, -0.15) is 5.10 Å². The lowest BCUT2D eigenvalue weighted by atomic mass is 9.93. The molecule has 1 aromatic carbocycles. The summed E-state index contributed by atoms with van der Waals surface area (Å²) in [7, 11) is 1.62. The number of hydrogen-bond acceptors (Lipinski definition) is 4. The van der Waals surface area contributed by atoms with Crippen molar-refractivity contribution in [3.05, 3.63) is 36.0 Å². The van der Waals surface area contributed by atoms with Crippen LogP contribution in [0.4, 0.5) is 0 Å². The van der Waals surface area contributed by atoms with Gasteiger partial charge in [-0.1, -0.05) is 0 Å². The number of methoxy groups -OCH3 is 1. The Hall–Kier alpha value is -2.34. The normalized spacial score (nSPS) is 21.0. The van der Waals surface area contributed by atoms with E-state index in [1.54, 1.807) is 13.2 Å². The number of nitrogens with zero attached hydrogens (tertiary/aromatic N) is 1. The van der Waals surface area contributed by atoms with Crippen molar-refractivity contribution < 1.29 is 14.6 Å². The summed E-state index contributed by atoms with van der Waals surface area (Å²) in [5.41, 5.74) is 2.08. The number of nitrogens with one attached hydrogen (secondary N) is 2. The van der Waals surface area contributed by atoms with Gasteiger partial charge >= 0.3 is 0 Å². The van der Waals surface area contributed by atoms with E-state index in [2.05, 4.69) is 15.5 Å². The molecule has 0 aliphatic heterocycles. The summed E-state index contributed by atoms with van der Waals surface area (Å²) in [6.45, 7) is 0. The molecule has 3 N–H and O–H groups in total. The Morgan fingerprint density at radius 1 is 1.26 bits per heavy atom. The van der Waals surface area contributed by atoms with Crippen LogP contribution >= 0.6 is 0 Å². The highest BCUT2D eigenvalue weighted by Crippen LogP contribution is 2.22. The number of aliphatic hydroxyl groups excluding tert-OH is 1. The zero-order valence-electron chi connectivity index (χ0n) is 13.1. The predicted molar refractivity (Wildman–Crippen MR) is 86.3 cm³/mol. The summed E-state index contributed by atoms with van der Waals surface area (Å²) in [6.07, 6.45) is 2.88. The first-order valence-electron chi connectivity index (χ1n) is 7.84. The second kappa shape index (κ2) is 6.83. The van der Waals surface area contributed by atoms with Crippen molar-refractivity contribution in [2.24, 2.45) is 0 Å². The maximum atomic E-state index is 12.3. The number of amides is 1. The van der Waals surface area contributed by atoms with Gasteiger partial charge in [-0.3, -0.25) is 9.89 Å². The largest absolute Gasteiger partial charge is 0.497 e. The van der Waals surface area contributed by atoms with Crippen molar-refractivity contribution in [3.8, 4) is 17.0 Å². The van der Waals surface area contributed by atoms with E-state index in [0.29, 0.717) is 5.69 Å². The van der Waals surface area contributed by atoms with Crippen LogP contribution in [-0.2, 0) is 0 Å². The van der Waals surface area contributed by atoms with E-state index in [9.17, 15) is 9.90 Å². The lowest BCUT2D eigenvalue weighted by Gasteiger charge is -2.25. The number of ether oxygens (including phenoxy) is 1. The van der Waals surface area contributed by atoms with Crippen LogP contribution in [0.25, 0.3) is 11.3 Å². The molecular weight excluding hydrogens is 294 g/mol. The maximum absolute atomic E-state index is 12.3. The molecule has 1 amide bonds. The molecule has 1 saturated carbocycles. The van der Waals surface area contributed by atoms with E-state index in [1.807, 2.05) is 24.3 Å². The maximum Gasteiger partial charge on any atom is 0.269 e. The average molecular weight is 315 g/mol. The lowest BCUT2D eigenvalue weighted by molar-refractivity contribution is 0.0863. The Morgan fingerprint density at radius 2 is 1.96 bits per heavy atom. The number of rotatable bonds is 4. The van der Waals surface area contributed by atoms with Gasteiger partial charge < -0.3 is 15.2 Å². The van der Waals surface area contributed by atoms with Crippen molar-refractivity contribution in [1.82, 2.24) is 15.5 Å². The smallest absolute Gasteiger partial charge is 0.269 e. The Balaban J connectivity index is 1.64. The predicted octanol–water partition coefficient (Wildman–Crippen LogP) is 2.12. The van der Waals surface area contributed by atoms with E-state index in [0.717, 1.165) is 42.7 Å². The number of H-pyrrole nitrogens is 1. The van der Waals surface area contributed by atoms with Gasteiger partial charge in [-0.05, 0) is 56.0 Å². The van der Waals surface area contributed by atoms with Gasteiger partial charge in [-0.15, -0.1) is 0 Å². The topological polar surface area (TPSA) is 87.2 Å². The third-order valence-corrected chi connectivity index (χ3v) is 4.24. The highest BCUT2D eigenvalue weighted by Gasteiger charge is 2.22. The number of carbonyl (C=O) groups is 1.